The van der Waals surface area contributed by atoms with E-state index in [9.17, 15) is 0 Å². The average molecular weight is 298 g/mol. The lowest BCUT2D eigenvalue weighted by Gasteiger charge is -2.10. The summed E-state index contributed by atoms with van der Waals surface area (Å²) in [5, 5.41) is 1.09. The minimum atomic E-state index is 0.539. The Morgan fingerprint density at radius 2 is 2.00 bits per heavy atom. The second-order valence-corrected chi connectivity index (χ2v) is 5.30. The second kappa shape index (κ2) is 6.31. The van der Waals surface area contributed by atoms with Gasteiger partial charge in [0, 0.05) is 12.1 Å². The molecule has 0 unspecified atom stereocenters. The Kier molecular flexibility index (Phi) is 4.72. The van der Waals surface area contributed by atoms with Crippen LogP contribution in [0.1, 0.15) is 26.2 Å². The molecule has 0 aliphatic rings. The quantitative estimate of drug-likeness (QED) is 0.818. The lowest BCUT2D eigenvalue weighted by molar-refractivity contribution is 0.611. The lowest BCUT2D eigenvalue weighted by Crippen LogP contribution is -2.05. The fourth-order valence-corrected chi connectivity index (χ4v) is 2.33. The molecule has 3 nitrogen and oxygen atoms in total. The van der Waals surface area contributed by atoms with E-state index in [4.69, 9.17) is 28.9 Å². The van der Waals surface area contributed by atoms with Crippen LogP contribution in [0.3, 0.4) is 0 Å². The molecule has 0 spiro atoms. The van der Waals surface area contributed by atoms with E-state index in [1.165, 1.54) is 12.8 Å². The van der Waals surface area contributed by atoms with Crippen LogP contribution in [-0.2, 0) is 6.54 Å². The molecule has 1 aromatic carbocycles. The Morgan fingerprint density at radius 3 is 2.68 bits per heavy atom. The molecule has 0 saturated carbocycles. The topological polar surface area (TPSA) is 43.8 Å². The lowest BCUT2D eigenvalue weighted by atomic mass is 10.1. The van der Waals surface area contributed by atoms with E-state index in [0.717, 1.165) is 24.2 Å². The number of hydrogen-bond acceptors (Lipinski definition) is 2. The number of imidazole rings is 1. The van der Waals surface area contributed by atoms with Crippen molar-refractivity contribution in [2.45, 2.75) is 32.7 Å². The number of hydrogen-bond donors (Lipinski definition) is 1. The van der Waals surface area contributed by atoms with Crippen molar-refractivity contribution >= 4 is 29.2 Å². The van der Waals surface area contributed by atoms with Gasteiger partial charge in [-0.3, -0.25) is 0 Å². The number of halogens is 2. The number of anilines is 1. The number of unbranched alkanes of at least 4 members (excludes halogenated alkanes) is 2. The Morgan fingerprint density at radius 1 is 1.21 bits per heavy atom. The molecule has 1 heterocycles. The molecule has 5 heteroatoms. The second-order valence-electron chi connectivity index (χ2n) is 4.49. The molecular weight excluding hydrogens is 281 g/mol. The van der Waals surface area contributed by atoms with Crippen LogP contribution in [0.5, 0.6) is 0 Å². The zero-order valence-corrected chi connectivity index (χ0v) is 12.4. The van der Waals surface area contributed by atoms with Gasteiger partial charge >= 0.3 is 0 Å². The van der Waals surface area contributed by atoms with Gasteiger partial charge in [0.2, 0.25) is 5.95 Å². The van der Waals surface area contributed by atoms with Crippen molar-refractivity contribution in [3.63, 3.8) is 0 Å². The summed E-state index contributed by atoms with van der Waals surface area (Å²) in [5.74, 6) is 0.539. The van der Waals surface area contributed by atoms with Crippen molar-refractivity contribution < 1.29 is 0 Å². The van der Waals surface area contributed by atoms with Crippen LogP contribution in [0.2, 0.25) is 10.0 Å². The van der Waals surface area contributed by atoms with Gasteiger partial charge in [-0.1, -0.05) is 49.0 Å². The van der Waals surface area contributed by atoms with Crippen LogP contribution in [0.15, 0.2) is 24.4 Å². The first-order valence-corrected chi connectivity index (χ1v) is 7.15. The van der Waals surface area contributed by atoms with Gasteiger partial charge in [0.1, 0.15) is 0 Å². The van der Waals surface area contributed by atoms with Crippen molar-refractivity contribution in [1.29, 1.82) is 0 Å². The maximum Gasteiger partial charge on any atom is 0.200 e. The summed E-state index contributed by atoms with van der Waals surface area (Å²) in [7, 11) is 0. The van der Waals surface area contributed by atoms with Crippen molar-refractivity contribution in [3.8, 4) is 11.3 Å². The van der Waals surface area contributed by atoms with Crippen LogP contribution in [-0.4, -0.2) is 9.55 Å². The van der Waals surface area contributed by atoms with Gasteiger partial charge in [-0.05, 0) is 18.6 Å². The highest BCUT2D eigenvalue weighted by Gasteiger charge is 2.10. The fourth-order valence-electron chi connectivity index (χ4n) is 2.03. The van der Waals surface area contributed by atoms with Gasteiger partial charge in [-0.15, -0.1) is 0 Å². The molecule has 1 aromatic heterocycles. The third-order valence-corrected chi connectivity index (χ3v) is 3.83. The molecule has 0 amide bonds. The van der Waals surface area contributed by atoms with Gasteiger partial charge < -0.3 is 10.3 Å². The highest BCUT2D eigenvalue weighted by molar-refractivity contribution is 6.42. The van der Waals surface area contributed by atoms with Gasteiger partial charge in [-0.25, -0.2) is 4.98 Å². The standard InChI is InChI=1S/C14H17Cl2N3/c1-2-3-4-7-19-13(9-18-14(19)17)10-5-6-11(15)12(16)8-10/h5-6,8-9H,2-4,7H2,1H3,(H2,17,18). The SMILES string of the molecule is CCCCCn1c(-c2ccc(Cl)c(Cl)c2)cnc1N. The predicted octanol–water partition coefficient (Wildman–Crippen LogP) is 4.63. The first-order valence-electron chi connectivity index (χ1n) is 6.40. The number of nitrogens with two attached hydrogens (primary N) is 1. The summed E-state index contributed by atoms with van der Waals surface area (Å²) in [4.78, 5) is 4.19. The molecule has 0 radical (unpaired) electrons. The molecule has 0 saturated heterocycles. The third-order valence-electron chi connectivity index (χ3n) is 3.09. The van der Waals surface area contributed by atoms with Gasteiger partial charge in [0.25, 0.3) is 0 Å². The highest BCUT2D eigenvalue weighted by Crippen LogP contribution is 2.29. The average Bonchev–Trinajstić information content (AvgIpc) is 2.75. The summed E-state index contributed by atoms with van der Waals surface area (Å²) in [6, 6.07) is 5.57. The molecule has 2 rings (SSSR count). The Bertz CT molecular complexity index is 564. The molecule has 0 aliphatic carbocycles. The Balaban J connectivity index is 2.31. The first-order chi connectivity index (χ1) is 9.13. The fraction of sp³-hybridized carbons (Fsp3) is 0.357. The van der Waals surface area contributed by atoms with Gasteiger partial charge in [-0.2, -0.15) is 0 Å². The molecule has 0 bridgehead atoms. The van der Waals surface area contributed by atoms with Crippen LogP contribution in [0.25, 0.3) is 11.3 Å². The number of nitrogen functional groups attached to an aromatic ring is 1. The summed E-state index contributed by atoms with van der Waals surface area (Å²) in [6.45, 7) is 3.05. The minimum Gasteiger partial charge on any atom is -0.369 e. The highest BCUT2D eigenvalue weighted by atomic mass is 35.5. The molecule has 0 fully saturated rings. The first kappa shape index (κ1) is 14.2. The molecule has 2 aromatic rings. The Labute approximate surface area is 123 Å². The zero-order chi connectivity index (χ0) is 13.8. The van der Waals surface area contributed by atoms with Crippen molar-refractivity contribution in [2.75, 3.05) is 5.73 Å². The number of nitrogens with zero attached hydrogens (tertiary/aromatic N) is 2. The minimum absolute atomic E-state index is 0.539. The van der Waals surface area contributed by atoms with Crippen LogP contribution in [0.4, 0.5) is 5.95 Å². The summed E-state index contributed by atoms with van der Waals surface area (Å²) in [6.07, 6.45) is 5.22. The van der Waals surface area contributed by atoms with E-state index in [1.54, 1.807) is 12.3 Å². The molecule has 102 valence electrons. The van der Waals surface area contributed by atoms with Crippen molar-refractivity contribution in [1.82, 2.24) is 9.55 Å². The predicted molar refractivity (Wildman–Crippen MR) is 81.6 cm³/mol. The van der Waals surface area contributed by atoms with Crippen molar-refractivity contribution in [3.05, 3.63) is 34.4 Å². The van der Waals surface area contributed by atoms with Crippen LogP contribution in [0, 0.1) is 0 Å². The summed E-state index contributed by atoms with van der Waals surface area (Å²) >= 11 is 12.0. The van der Waals surface area contributed by atoms with Gasteiger partial charge in [0.15, 0.2) is 0 Å². The molecule has 19 heavy (non-hydrogen) atoms. The molecule has 2 N–H and O–H groups in total. The van der Waals surface area contributed by atoms with E-state index in [0.29, 0.717) is 16.0 Å². The number of aromatic nitrogens is 2. The van der Waals surface area contributed by atoms with E-state index < -0.39 is 0 Å². The summed E-state index contributed by atoms with van der Waals surface area (Å²) in [5.41, 5.74) is 7.88. The number of benzene rings is 1. The number of rotatable bonds is 5. The van der Waals surface area contributed by atoms with E-state index in [2.05, 4.69) is 11.9 Å². The molecule has 0 aliphatic heterocycles. The maximum absolute atomic E-state index is 6.06. The zero-order valence-electron chi connectivity index (χ0n) is 10.9. The Hall–Kier alpha value is -1.19. The largest absolute Gasteiger partial charge is 0.369 e. The third kappa shape index (κ3) is 3.23. The van der Waals surface area contributed by atoms with Crippen LogP contribution < -0.4 is 5.73 Å². The van der Waals surface area contributed by atoms with Gasteiger partial charge in [0.05, 0.1) is 21.9 Å². The summed E-state index contributed by atoms with van der Waals surface area (Å²) < 4.78 is 2.02. The smallest absolute Gasteiger partial charge is 0.200 e. The maximum atomic E-state index is 6.06. The van der Waals surface area contributed by atoms with E-state index >= 15 is 0 Å². The monoisotopic (exact) mass is 297 g/mol. The van der Waals surface area contributed by atoms with E-state index in [1.807, 2.05) is 16.7 Å². The van der Waals surface area contributed by atoms with E-state index in [-0.39, 0.29) is 0 Å². The molecule has 0 atom stereocenters. The normalized spacial score (nSPS) is 10.9. The van der Waals surface area contributed by atoms with Crippen molar-refractivity contribution in [2.24, 2.45) is 0 Å². The van der Waals surface area contributed by atoms with Crippen LogP contribution >= 0.6 is 23.2 Å². The molecular formula is C14H17Cl2N3.